The predicted molar refractivity (Wildman–Crippen MR) is 74.9 cm³/mol. The molecule has 98 valence electrons. The van der Waals surface area contributed by atoms with Gasteiger partial charge in [0.25, 0.3) is 0 Å². The second-order valence-corrected chi connectivity index (χ2v) is 6.38. The van der Waals surface area contributed by atoms with Crippen LogP contribution in [0.5, 0.6) is 0 Å². The van der Waals surface area contributed by atoms with Gasteiger partial charge in [-0.2, -0.15) is 0 Å². The number of hydrogen-bond acceptors (Lipinski definition) is 4. The molecule has 1 atom stereocenters. The highest BCUT2D eigenvalue weighted by Crippen LogP contribution is 2.39. The van der Waals surface area contributed by atoms with Gasteiger partial charge in [0.05, 0.1) is 17.1 Å². The molecule has 6 heteroatoms. The van der Waals surface area contributed by atoms with E-state index in [0.29, 0.717) is 0 Å². The standard InChI is InChI=1S/C12H18BBrN2O2/c1-11(2)12(3,4)18-13(17-11)10(15)8-5-6-9(14)16-7-8/h5-7,10H,15H2,1-4H3. The second kappa shape index (κ2) is 4.60. The first-order valence-corrected chi connectivity index (χ1v) is 6.75. The van der Waals surface area contributed by atoms with E-state index in [2.05, 4.69) is 20.9 Å². The summed E-state index contributed by atoms with van der Waals surface area (Å²) < 4.78 is 12.6. The Bertz CT molecular complexity index is 420. The number of aromatic nitrogens is 1. The molecule has 1 unspecified atom stereocenters. The summed E-state index contributed by atoms with van der Waals surface area (Å²) in [5.74, 6) is -0.341. The summed E-state index contributed by atoms with van der Waals surface area (Å²) in [6.45, 7) is 8.05. The van der Waals surface area contributed by atoms with Crippen molar-refractivity contribution in [3.05, 3.63) is 28.5 Å². The third kappa shape index (κ3) is 2.47. The Morgan fingerprint density at radius 1 is 1.22 bits per heavy atom. The van der Waals surface area contributed by atoms with Crippen molar-refractivity contribution in [3.63, 3.8) is 0 Å². The Hall–Kier alpha value is -0.425. The Morgan fingerprint density at radius 3 is 2.22 bits per heavy atom. The largest absolute Gasteiger partial charge is 0.480 e. The maximum absolute atomic E-state index is 6.19. The van der Waals surface area contributed by atoms with Crippen LogP contribution in [0.4, 0.5) is 0 Å². The van der Waals surface area contributed by atoms with Gasteiger partial charge in [-0.25, -0.2) is 4.98 Å². The van der Waals surface area contributed by atoms with E-state index in [1.54, 1.807) is 6.20 Å². The Morgan fingerprint density at radius 2 is 1.78 bits per heavy atom. The van der Waals surface area contributed by atoms with Crippen molar-refractivity contribution in [2.45, 2.75) is 44.8 Å². The molecule has 1 aromatic rings. The highest BCUT2D eigenvalue weighted by atomic mass is 79.9. The molecule has 0 bridgehead atoms. The van der Waals surface area contributed by atoms with E-state index in [9.17, 15) is 0 Å². The Labute approximate surface area is 117 Å². The molecule has 0 aliphatic carbocycles. The van der Waals surface area contributed by atoms with Gasteiger partial charge in [0, 0.05) is 6.20 Å². The lowest BCUT2D eigenvalue weighted by Crippen LogP contribution is -2.41. The van der Waals surface area contributed by atoms with Gasteiger partial charge in [-0.15, -0.1) is 0 Å². The molecule has 2 rings (SSSR count). The molecule has 4 nitrogen and oxygen atoms in total. The van der Waals surface area contributed by atoms with Gasteiger partial charge >= 0.3 is 7.12 Å². The fourth-order valence-electron chi connectivity index (χ4n) is 1.78. The molecule has 0 amide bonds. The highest BCUT2D eigenvalue weighted by molar-refractivity contribution is 9.10. The molecule has 18 heavy (non-hydrogen) atoms. The van der Waals surface area contributed by atoms with E-state index in [4.69, 9.17) is 15.0 Å². The van der Waals surface area contributed by atoms with Crippen LogP contribution in [0.25, 0.3) is 0 Å². The third-order valence-corrected chi connectivity index (χ3v) is 4.17. The van der Waals surface area contributed by atoms with Crippen LogP contribution in [-0.4, -0.2) is 23.3 Å². The summed E-state index contributed by atoms with van der Waals surface area (Å²) >= 11 is 3.30. The first kappa shape index (κ1) is 14.0. The van der Waals surface area contributed by atoms with Gasteiger partial charge in [-0.1, -0.05) is 6.07 Å². The topological polar surface area (TPSA) is 57.4 Å². The van der Waals surface area contributed by atoms with Crippen molar-refractivity contribution in [2.24, 2.45) is 5.73 Å². The molecule has 0 radical (unpaired) electrons. The van der Waals surface area contributed by atoms with E-state index >= 15 is 0 Å². The smallest absolute Gasteiger partial charge is 0.402 e. The molecule has 1 aliphatic heterocycles. The summed E-state index contributed by atoms with van der Waals surface area (Å²) in [5.41, 5.74) is 6.36. The van der Waals surface area contributed by atoms with Gasteiger partial charge in [0.2, 0.25) is 0 Å². The maximum Gasteiger partial charge on any atom is 0.480 e. The monoisotopic (exact) mass is 312 g/mol. The lowest BCUT2D eigenvalue weighted by atomic mass is 9.75. The molecule has 0 spiro atoms. The predicted octanol–water partition coefficient (Wildman–Crippen LogP) is 2.48. The van der Waals surface area contributed by atoms with Crippen LogP contribution in [0.3, 0.4) is 0 Å². The molecule has 2 N–H and O–H groups in total. The van der Waals surface area contributed by atoms with Gasteiger partial charge < -0.3 is 15.0 Å². The summed E-state index contributed by atoms with van der Waals surface area (Å²) in [7, 11) is -0.446. The number of pyridine rings is 1. The maximum atomic E-state index is 6.19. The lowest BCUT2D eigenvalue weighted by Gasteiger charge is -2.32. The number of nitrogens with zero attached hydrogens (tertiary/aromatic N) is 1. The molecule has 1 aromatic heterocycles. The van der Waals surface area contributed by atoms with E-state index in [0.717, 1.165) is 10.2 Å². The van der Waals surface area contributed by atoms with Gasteiger partial charge in [-0.3, -0.25) is 0 Å². The van der Waals surface area contributed by atoms with Crippen LogP contribution in [-0.2, 0) is 9.31 Å². The number of hydrogen-bond donors (Lipinski definition) is 1. The van der Waals surface area contributed by atoms with Crippen LogP contribution in [0, 0.1) is 0 Å². The third-order valence-electron chi connectivity index (χ3n) is 3.70. The zero-order valence-corrected chi connectivity index (χ0v) is 12.7. The van der Waals surface area contributed by atoms with Crippen molar-refractivity contribution >= 4 is 23.0 Å². The van der Waals surface area contributed by atoms with E-state index < -0.39 is 7.12 Å². The molecule has 0 aromatic carbocycles. The highest BCUT2D eigenvalue weighted by Gasteiger charge is 2.53. The lowest BCUT2D eigenvalue weighted by molar-refractivity contribution is 0.00578. The zero-order chi connectivity index (χ0) is 13.6. The Kier molecular flexibility index (Phi) is 3.57. The van der Waals surface area contributed by atoms with Gasteiger partial charge in [0.1, 0.15) is 4.60 Å². The summed E-state index contributed by atoms with van der Waals surface area (Å²) in [4.78, 5) is 4.17. The minimum atomic E-state index is -0.446. The van der Waals surface area contributed by atoms with Crippen LogP contribution in [0.2, 0.25) is 0 Å². The minimum Gasteiger partial charge on any atom is -0.402 e. The molecular weight excluding hydrogens is 295 g/mol. The van der Waals surface area contributed by atoms with Crippen molar-refractivity contribution < 1.29 is 9.31 Å². The molecule has 1 aliphatic rings. The Balaban J connectivity index is 2.17. The fraction of sp³-hybridized carbons (Fsp3) is 0.583. The van der Waals surface area contributed by atoms with Crippen molar-refractivity contribution in [1.82, 2.24) is 4.98 Å². The molecule has 2 heterocycles. The minimum absolute atomic E-state index is 0.341. The zero-order valence-electron chi connectivity index (χ0n) is 11.1. The summed E-state index contributed by atoms with van der Waals surface area (Å²) in [6, 6.07) is 3.78. The summed E-state index contributed by atoms with van der Waals surface area (Å²) in [5, 5.41) is 0. The average molecular weight is 313 g/mol. The van der Waals surface area contributed by atoms with Gasteiger partial charge in [-0.05, 0) is 55.3 Å². The molecule has 1 saturated heterocycles. The van der Waals surface area contributed by atoms with E-state index in [-0.39, 0.29) is 17.1 Å². The first-order chi connectivity index (χ1) is 8.23. The van der Waals surface area contributed by atoms with Crippen molar-refractivity contribution in [2.75, 3.05) is 0 Å². The van der Waals surface area contributed by atoms with Crippen LogP contribution in [0.15, 0.2) is 22.9 Å². The van der Waals surface area contributed by atoms with Crippen LogP contribution in [0.1, 0.15) is 39.2 Å². The molecule has 1 fully saturated rings. The van der Waals surface area contributed by atoms with Crippen LogP contribution >= 0.6 is 15.9 Å². The van der Waals surface area contributed by atoms with Crippen LogP contribution < -0.4 is 5.73 Å². The van der Waals surface area contributed by atoms with E-state index in [1.165, 1.54) is 0 Å². The van der Waals surface area contributed by atoms with E-state index in [1.807, 2.05) is 39.8 Å². The van der Waals surface area contributed by atoms with Crippen molar-refractivity contribution in [3.8, 4) is 0 Å². The number of halogens is 1. The van der Waals surface area contributed by atoms with Gasteiger partial charge in [0.15, 0.2) is 0 Å². The first-order valence-electron chi connectivity index (χ1n) is 5.96. The fourth-order valence-corrected chi connectivity index (χ4v) is 2.01. The quantitative estimate of drug-likeness (QED) is 0.673. The normalized spacial score (nSPS) is 23.1. The van der Waals surface area contributed by atoms with Crippen molar-refractivity contribution in [1.29, 1.82) is 0 Å². The molecule has 0 saturated carbocycles. The summed E-state index contributed by atoms with van der Waals surface area (Å²) in [6.07, 6.45) is 1.74. The molecular formula is C12H18BBrN2O2. The SMILES string of the molecule is CC1(C)OB(C(N)c2ccc(Br)nc2)OC1(C)C. The second-order valence-electron chi connectivity index (χ2n) is 5.56. The number of nitrogens with two attached hydrogens (primary N) is 1. The number of rotatable bonds is 2. The average Bonchev–Trinajstić information content (AvgIpc) is 2.48.